The summed E-state index contributed by atoms with van der Waals surface area (Å²) in [6.07, 6.45) is 3.27. The van der Waals surface area contributed by atoms with Crippen molar-refractivity contribution in [2.75, 3.05) is 12.3 Å². The summed E-state index contributed by atoms with van der Waals surface area (Å²) in [5.41, 5.74) is 6.87. The number of aryl methyl sites for hydroxylation is 1. The molecule has 0 spiro atoms. The summed E-state index contributed by atoms with van der Waals surface area (Å²) in [6, 6.07) is 2.03. The van der Waals surface area contributed by atoms with Gasteiger partial charge in [-0.05, 0) is 38.2 Å². The number of nitrogens with two attached hydrogens (primary N) is 1. The van der Waals surface area contributed by atoms with Crippen LogP contribution in [-0.2, 0) is 11.2 Å². The van der Waals surface area contributed by atoms with Crippen molar-refractivity contribution in [3.05, 3.63) is 16.8 Å². The minimum absolute atomic E-state index is 0.0389. The van der Waals surface area contributed by atoms with E-state index >= 15 is 0 Å². The smallest absolute Gasteiger partial charge is 0.261 e. The van der Waals surface area contributed by atoms with Gasteiger partial charge in [-0.3, -0.25) is 0 Å². The van der Waals surface area contributed by atoms with Crippen LogP contribution in [0.5, 0.6) is 0 Å². The first-order valence-corrected chi connectivity index (χ1v) is 7.88. The lowest BCUT2D eigenvalue weighted by atomic mass is 10.2. The van der Waals surface area contributed by atoms with E-state index in [0.29, 0.717) is 24.2 Å². The van der Waals surface area contributed by atoms with Crippen LogP contribution in [0.25, 0.3) is 11.5 Å². The first-order valence-electron chi connectivity index (χ1n) is 7.06. The van der Waals surface area contributed by atoms with Crippen molar-refractivity contribution in [2.45, 2.75) is 39.2 Å². The van der Waals surface area contributed by atoms with Crippen LogP contribution in [0.15, 0.2) is 10.6 Å². The molecule has 5 nitrogen and oxygen atoms in total. The van der Waals surface area contributed by atoms with Crippen molar-refractivity contribution in [2.24, 2.45) is 5.92 Å². The molecule has 1 saturated carbocycles. The average molecular weight is 293 g/mol. The zero-order valence-corrected chi connectivity index (χ0v) is 12.6. The monoisotopic (exact) mass is 293 g/mol. The lowest BCUT2D eigenvalue weighted by molar-refractivity contribution is 0.0385. The second-order valence-electron chi connectivity index (χ2n) is 5.02. The van der Waals surface area contributed by atoms with Gasteiger partial charge >= 0.3 is 0 Å². The summed E-state index contributed by atoms with van der Waals surface area (Å²) in [5.74, 6) is 1.68. The number of ether oxygens (including phenoxy) is 1. The van der Waals surface area contributed by atoms with Gasteiger partial charge in [-0.15, -0.1) is 11.3 Å². The predicted octanol–water partition coefficient (Wildman–Crippen LogP) is 3.43. The number of aromatic nitrogens is 2. The Labute approximate surface area is 122 Å². The molecule has 1 aliphatic carbocycles. The molecule has 2 aromatic rings. The van der Waals surface area contributed by atoms with Gasteiger partial charge in [0.2, 0.25) is 5.82 Å². The Morgan fingerprint density at radius 3 is 2.90 bits per heavy atom. The number of hydrogen-bond acceptors (Lipinski definition) is 6. The fourth-order valence-electron chi connectivity index (χ4n) is 2.26. The van der Waals surface area contributed by atoms with Crippen LogP contribution in [0, 0.1) is 5.92 Å². The third-order valence-corrected chi connectivity index (χ3v) is 4.59. The van der Waals surface area contributed by atoms with Gasteiger partial charge < -0.3 is 15.0 Å². The highest BCUT2D eigenvalue weighted by molar-refractivity contribution is 7.16. The minimum atomic E-state index is -0.0389. The molecule has 0 bridgehead atoms. The third kappa shape index (κ3) is 2.58. The lowest BCUT2D eigenvalue weighted by Gasteiger charge is -2.10. The first-order chi connectivity index (χ1) is 9.72. The fraction of sp³-hybridized carbons (Fsp3) is 0.571. The van der Waals surface area contributed by atoms with E-state index < -0.39 is 0 Å². The standard InChI is InChI=1S/C14H19N3O2S/c1-3-9-7-10(12(15)20-9)14-16-13(17-19-14)11(18-4-2)8-5-6-8/h7-8,11H,3-6,15H2,1-2H3. The molecule has 2 N–H and O–H groups in total. The van der Waals surface area contributed by atoms with Crippen LogP contribution >= 0.6 is 11.3 Å². The molecule has 1 aliphatic rings. The van der Waals surface area contributed by atoms with Crippen molar-refractivity contribution in [1.82, 2.24) is 10.1 Å². The highest BCUT2D eigenvalue weighted by Gasteiger charge is 2.36. The van der Waals surface area contributed by atoms with E-state index in [-0.39, 0.29) is 6.10 Å². The lowest BCUT2D eigenvalue weighted by Crippen LogP contribution is -2.08. The van der Waals surface area contributed by atoms with Crippen molar-refractivity contribution in [1.29, 1.82) is 0 Å². The Balaban J connectivity index is 1.86. The minimum Gasteiger partial charge on any atom is -0.390 e. The van der Waals surface area contributed by atoms with E-state index in [4.69, 9.17) is 15.0 Å². The molecule has 108 valence electrons. The zero-order valence-electron chi connectivity index (χ0n) is 11.8. The number of hydrogen-bond donors (Lipinski definition) is 1. The molecular formula is C14H19N3O2S. The predicted molar refractivity (Wildman–Crippen MR) is 78.5 cm³/mol. The van der Waals surface area contributed by atoms with Gasteiger partial charge in [-0.2, -0.15) is 4.98 Å². The summed E-state index contributed by atoms with van der Waals surface area (Å²) in [5, 5.41) is 4.82. The SMILES string of the molecule is CCOC(c1noc(-c2cc(CC)sc2N)n1)C1CC1. The molecule has 0 aromatic carbocycles. The summed E-state index contributed by atoms with van der Waals surface area (Å²) < 4.78 is 11.1. The van der Waals surface area contributed by atoms with Gasteiger partial charge in [-0.25, -0.2) is 0 Å². The molecule has 0 saturated heterocycles. The van der Waals surface area contributed by atoms with E-state index in [2.05, 4.69) is 17.1 Å². The number of rotatable bonds is 6. The number of nitrogen functional groups attached to an aromatic ring is 1. The largest absolute Gasteiger partial charge is 0.390 e. The van der Waals surface area contributed by atoms with Gasteiger partial charge in [0.25, 0.3) is 5.89 Å². The summed E-state index contributed by atoms with van der Waals surface area (Å²) in [7, 11) is 0. The van der Waals surface area contributed by atoms with E-state index in [1.807, 2.05) is 13.0 Å². The fourth-order valence-corrected chi connectivity index (χ4v) is 3.12. The molecule has 1 atom stereocenters. The van der Waals surface area contributed by atoms with Crippen molar-refractivity contribution in [3.8, 4) is 11.5 Å². The molecule has 0 amide bonds. The van der Waals surface area contributed by atoms with E-state index in [1.54, 1.807) is 11.3 Å². The normalized spacial score (nSPS) is 16.5. The summed E-state index contributed by atoms with van der Waals surface area (Å²) in [6.45, 7) is 4.75. The highest BCUT2D eigenvalue weighted by Crippen LogP contribution is 2.43. The van der Waals surface area contributed by atoms with Crippen LogP contribution < -0.4 is 5.73 Å². The number of nitrogens with zero attached hydrogens (tertiary/aromatic N) is 2. The molecule has 20 heavy (non-hydrogen) atoms. The maximum absolute atomic E-state index is 6.02. The second kappa shape index (κ2) is 5.54. The molecule has 0 radical (unpaired) electrons. The van der Waals surface area contributed by atoms with Gasteiger partial charge in [0.05, 0.1) is 10.6 Å². The first kappa shape index (κ1) is 13.6. The average Bonchev–Trinajstić information content (AvgIpc) is 3.04. The van der Waals surface area contributed by atoms with Crippen LogP contribution in [-0.4, -0.2) is 16.7 Å². The molecule has 3 rings (SSSR count). The molecule has 0 aliphatic heterocycles. The quantitative estimate of drug-likeness (QED) is 0.883. The van der Waals surface area contributed by atoms with Gasteiger partial charge in [0.15, 0.2) is 0 Å². The molecule has 2 aromatic heterocycles. The topological polar surface area (TPSA) is 74.2 Å². The summed E-state index contributed by atoms with van der Waals surface area (Å²) in [4.78, 5) is 5.72. The molecule has 6 heteroatoms. The maximum atomic E-state index is 6.02. The number of anilines is 1. The highest BCUT2D eigenvalue weighted by atomic mass is 32.1. The van der Waals surface area contributed by atoms with Crippen LogP contribution in [0.2, 0.25) is 0 Å². The Morgan fingerprint density at radius 1 is 1.50 bits per heavy atom. The maximum Gasteiger partial charge on any atom is 0.261 e. The Kier molecular flexibility index (Phi) is 3.76. The Morgan fingerprint density at radius 2 is 2.30 bits per heavy atom. The van der Waals surface area contributed by atoms with Crippen molar-refractivity contribution < 1.29 is 9.26 Å². The van der Waals surface area contributed by atoms with Crippen LogP contribution in [0.4, 0.5) is 5.00 Å². The zero-order chi connectivity index (χ0) is 14.1. The van der Waals surface area contributed by atoms with Crippen molar-refractivity contribution in [3.63, 3.8) is 0 Å². The number of thiophene rings is 1. The molecular weight excluding hydrogens is 274 g/mol. The van der Waals surface area contributed by atoms with E-state index in [0.717, 1.165) is 17.0 Å². The van der Waals surface area contributed by atoms with E-state index in [1.165, 1.54) is 17.7 Å². The molecule has 1 unspecified atom stereocenters. The summed E-state index contributed by atoms with van der Waals surface area (Å²) >= 11 is 1.57. The Hall–Kier alpha value is -1.40. The van der Waals surface area contributed by atoms with Crippen molar-refractivity contribution >= 4 is 16.3 Å². The Bertz CT molecular complexity index is 589. The van der Waals surface area contributed by atoms with Gasteiger partial charge in [-0.1, -0.05) is 12.1 Å². The van der Waals surface area contributed by atoms with Crippen LogP contribution in [0.3, 0.4) is 0 Å². The molecule has 1 fully saturated rings. The van der Waals surface area contributed by atoms with Gasteiger partial charge in [0, 0.05) is 11.5 Å². The second-order valence-corrected chi connectivity index (χ2v) is 6.18. The third-order valence-electron chi connectivity index (χ3n) is 3.48. The molecule has 2 heterocycles. The van der Waals surface area contributed by atoms with Gasteiger partial charge in [0.1, 0.15) is 6.10 Å². The van der Waals surface area contributed by atoms with E-state index in [9.17, 15) is 0 Å². The van der Waals surface area contributed by atoms with Crippen LogP contribution in [0.1, 0.15) is 43.5 Å².